The fourth-order valence-corrected chi connectivity index (χ4v) is 0.579. The van der Waals surface area contributed by atoms with Crippen LogP contribution in [-0.4, -0.2) is 13.0 Å². The topological polar surface area (TPSA) is 9.23 Å². The maximum absolute atomic E-state index is 11.3. The van der Waals surface area contributed by atoms with Crippen molar-refractivity contribution < 1.29 is 17.9 Å². The molecule has 0 aliphatic heterocycles. The van der Waals surface area contributed by atoms with Crippen molar-refractivity contribution in [2.24, 2.45) is 0 Å². The van der Waals surface area contributed by atoms with Crippen molar-refractivity contribution in [1.29, 1.82) is 0 Å². The Labute approximate surface area is 63.8 Å². The summed E-state index contributed by atoms with van der Waals surface area (Å²) in [4.78, 5) is 0. The molecule has 0 saturated carbocycles. The lowest BCUT2D eigenvalue weighted by Crippen LogP contribution is -2.13. The molecule has 0 aliphatic rings. The van der Waals surface area contributed by atoms with Crippen molar-refractivity contribution in [3.63, 3.8) is 0 Å². The van der Waals surface area contributed by atoms with Gasteiger partial charge in [0, 0.05) is 0 Å². The van der Waals surface area contributed by atoms with E-state index in [2.05, 4.69) is 11.3 Å². The van der Waals surface area contributed by atoms with Crippen LogP contribution in [0.5, 0.6) is 0 Å². The van der Waals surface area contributed by atoms with Gasteiger partial charge in [-0.15, -0.1) is 19.8 Å². The van der Waals surface area contributed by atoms with E-state index in [4.69, 9.17) is 0 Å². The second kappa shape index (κ2) is 5.18. The first-order valence-electron chi connectivity index (χ1n) is 3.38. The summed E-state index contributed by atoms with van der Waals surface area (Å²) in [5, 5.41) is 0. The van der Waals surface area contributed by atoms with E-state index in [1.54, 1.807) is 6.08 Å². The van der Waals surface area contributed by atoms with Crippen molar-refractivity contribution in [3.8, 4) is 0 Å². The van der Waals surface area contributed by atoms with Gasteiger partial charge in [0.05, 0.1) is 6.61 Å². The molecular weight excluding hydrogens is 157 g/mol. The van der Waals surface area contributed by atoms with E-state index in [1.807, 2.05) is 0 Å². The number of rotatable bonds is 5. The Balaban J connectivity index is 3.08. The minimum absolute atomic E-state index is 0.253. The lowest BCUT2D eigenvalue weighted by atomic mass is 10.2. The lowest BCUT2D eigenvalue weighted by molar-refractivity contribution is -0.324. The predicted octanol–water partition coefficient (Wildman–Crippen LogP) is 2.88. The zero-order valence-corrected chi connectivity index (χ0v) is 6.16. The van der Waals surface area contributed by atoms with E-state index < -0.39 is 6.36 Å². The van der Waals surface area contributed by atoms with Gasteiger partial charge in [-0.1, -0.05) is 6.08 Å². The third kappa shape index (κ3) is 9.49. The summed E-state index contributed by atoms with van der Waals surface area (Å²) in [6.45, 7) is 3.19. The largest absolute Gasteiger partial charge is 0.522 e. The molecule has 0 heterocycles. The van der Waals surface area contributed by atoms with E-state index in [9.17, 15) is 13.2 Å². The Hall–Kier alpha value is -0.510. The zero-order chi connectivity index (χ0) is 8.74. The molecule has 0 rings (SSSR count). The summed E-state index contributed by atoms with van der Waals surface area (Å²) >= 11 is 0. The van der Waals surface area contributed by atoms with Gasteiger partial charge in [0.15, 0.2) is 0 Å². The van der Waals surface area contributed by atoms with Crippen LogP contribution >= 0.6 is 0 Å². The van der Waals surface area contributed by atoms with E-state index in [1.165, 1.54) is 0 Å². The summed E-state index contributed by atoms with van der Waals surface area (Å²) in [5.74, 6) is 0. The molecule has 0 N–H and O–H groups in total. The first kappa shape index (κ1) is 10.5. The lowest BCUT2D eigenvalue weighted by Gasteiger charge is -2.05. The molecule has 0 unspecified atom stereocenters. The molecule has 0 atom stereocenters. The third-order valence-corrected chi connectivity index (χ3v) is 1.07. The quantitative estimate of drug-likeness (QED) is 0.453. The van der Waals surface area contributed by atoms with Gasteiger partial charge >= 0.3 is 6.36 Å². The molecule has 0 aromatic rings. The monoisotopic (exact) mass is 168 g/mol. The normalized spacial score (nSPS) is 11.5. The Morgan fingerprint density at radius 2 is 1.91 bits per heavy atom. The van der Waals surface area contributed by atoms with Crippen molar-refractivity contribution in [2.45, 2.75) is 25.6 Å². The molecule has 0 saturated heterocycles. The molecular formula is C7H11F3O. The highest BCUT2D eigenvalue weighted by atomic mass is 19.4. The first-order valence-corrected chi connectivity index (χ1v) is 3.38. The van der Waals surface area contributed by atoms with Crippen LogP contribution < -0.4 is 0 Å². The first-order chi connectivity index (χ1) is 5.06. The third-order valence-electron chi connectivity index (χ3n) is 1.07. The molecule has 0 bridgehead atoms. The number of unbranched alkanes of at least 4 members (excludes halogenated alkanes) is 2. The molecule has 4 heteroatoms. The van der Waals surface area contributed by atoms with Crippen molar-refractivity contribution >= 4 is 0 Å². The van der Waals surface area contributed by atoms with Crippen molar-refractivity contribution in [1.82, 2.24) is 0 Å². The highest BCUT2D eigenvalue weighted by Gasteiger charge is 2.28. The Bertz CT molecular complexity index is 109. The number of hydrogen-bond acceptors (Lipinski definition) is 1. The molecule has 1 nitrogen and oxygen atoms in total. The number of allylic oxidation sites excluding steroid dienone is 1. The number of ether oxygens (including phenoxy) is 1. The SMILES string of the molecule is C=CCCCCOC(F)(F)F. The van der Waals surface area contributed by atoms with Gasteiger partial charge in [-0.2, -0.15) is 0 Å². The van der Waals surface area contributed by atoms with Gasteiger partial charge in [0.1, 0.15) is 0 Å². The van der Waals surface area contributed by atoms with E-state index in [0.717, 1.165) is 6.42 Å². The van der Waals surface area contributed by atoms with Gasteiger partial charge in [-0.25, -0.2) is 0 Å². The maximum atomic E-state index is 11.3. The molecule has 11 heavy (non-hydrogen) atoms. The van der Waals surface area contributed by atoms with Crippen molar-refractivity contribution in [2.75, 3.05) is 6.61 Å². The molecule has 0 amide bonds. The minimum atomic E-state index is -4.48. The highest BCUT2D eigenvalue weighted by molar-refractivity contribution is 4.65. The summed E-state index contributed by atoms with van der Waals surface area (Å²) in [5.41, 5.74) is 0. The van der Waals surface area contributed by atoms with Crippen LogP contribution in [0.4, 0.5) is 13.2 Å². The molecule has 66 valence electrons. The van der Waals surface area contributed by atoms with Crippen LogP contribution in [0.15, 0.2) is 12.7 Å². The molecule has 0 spiro atoms. The van der Waals surface area contributed by atoms with Crippen LogP contribution in [-0.2, 0) is 4.74 Å². The average molecular weight is 168 g/mol. The molecule has 0 aromatic heterocycles. The maximum Gasteiger partial charge on any atom is 0.522 e. The van der Waals surface area contributed by atoms with E-state index in [-0.39, 0.29) is 6.61 Å². The average Bonchev–Trinajstić information content (AvgIpc) is 1.85. The predicted molar refractivity (Wildman–Crippen MR) is 36.1 cm³/mol. The number of halogens is 3. The second-order valence-corrected chi connectivity index (χ2v) is 2.08. The minimum Gasteiger partial charge on any atom is -0.292 e. The Kier molecular flexibility index (Phi) is 4.94. The Morgan fingerprint density at radius 1 is 1.27 bits per heavy atom. The fraction of sp³-hybridized carbons (Fsp3) is 0.714. The van der Waals surface area contributed by atoms with E-state index >= 15 is 0 Å². The van der Waals surface area contributed by atoms with Gasteiger partial charge < -0.3 is 0 Å². The smallest absolute Gasteiger partial charge is 0.292 e. The van der Waals surface area contributed by atoms with Crippen LogP contribution in [0.2, 0.25) is 0 Å². The van der Waals surface area contributed by atoms with Crippen LogP contribution in [0.1, 0.15) is 19.3 Å². The van der Waals surface area contributed by atoms with Gasteiger partial charge in [-0.3, -0.25) is 4.74 Å². The standard InChI is InChI=1S/C7H11F3O/c1-2-3-4-5-6-11-7(8,9)10/h2H,1,3-6H2. The van der Waals surface area contributed by atoms with Crippen LogP contribution in [0.25, 0.3) is 0 Å². The molecule has 0 aliphatic carbocycles. The summed E-state index contributed by atoms with van der Waals surface area (Å²) in [6, 6.07) is 0. The zero-order valence-electron chi connectivity index (χ0n) is 6.16. The summed E-state index contributed by atoms with van der Waals surface area (Å²) in [7, 11) is 0. The van der Waals surface area contributed by atoms with Crippen LogP contribution in [0, 0.1) is 0 Å². The van der Waals surface area contributed by atoms with Crippen molar-refractivity contribution in [3.05, 3.63) is 12.7 Å². The van der Waals surface area contributed by atoms with Gasteiger partial charge in [0.25, 0.3) is 0 Å². The summed E-state index contributed by atoms with van der Waals surface area (Å²) in [6.07, 6.45) is -0.950. The van der Waals surface area contributed by atoms with Gasteiger partial charge in [-0.05, 0) is 19.3 Å². The molecule has 0 fully saturated rings. The van der Waals surface area contributed by atoms with Crippen LogP contribution in [0.3, 0.4) is 0 Å². The molecule has 0 aromatic carbocycles. The number of alkyl halides is 3. The molecule has 0 radical (unpaired) electrons. The number of hydrogen-bond donors (Lipinski definition) is 0. The van der Waals surface area contributed by atoms with Gasteiger partial charge in [0.2, 0.25) is 0 Å². The summed E-state index contributed by atoms with van der Waals surface area (Å²) < 4.78 is 37.5. The Morgan fingerprint density at radius 3 is 2.36 bits per heavy atom. The van der Waals surface area contributed by atoms with E-state index in [0.29, 0.717) is 12.8 Å². The fourth-order valence-electron chi connectivity index (χ4n) is 0.579. The highest BCUT2D eigenvalue weighted by Crippen LogP contribution is 2.16. The second-order valence-electron chi connectivity index (χ2n) is 2.08.